The molecule has 1 aliphatic rings. The first-order chi connectivity index (χ1) is 5.74. The van der Waals surface area contributed by atoms with Crippen LogP contribution in [0.15, 0.2) is 0 Å². The van der Waals surface area contributed by atoms with Gasteiger partial charge in [-0.25, -0.2) is 0 Å². The van der Waals surface area contributed by atoms with Gasteiger partial charge in [0.2, 0.25) is 0 Å². The smallest absolute Gasteiger partial charge is 0.311 e. The van der Waals surface area contributed by atoms with Gasteiger partial charge in [0, 0.05) is 0 Å². The van der Waals surface area contributed by atoms with Gasteiger partial charge >= 0.3 is 5.97 Å². The number of rotatable bonds is 3. The van der Waals surface area contributed by atoms with Crippen molar-refractivity contribution < 1.29 is 19.4 Å². The van der Waals surface area contributed by atoms with Crippen molar-refractivity contribution in [2.45, 2.75) is 26.1 Å². The van der Waals surface area contributed by atoms with E-state index >= 15 is 0 Å². The van der Waals surface area contributed by atoms with Gasteiger partial charge in [-0.1, -0.05) is 13.3 Å². The summed E-state index contributed by atoms with van der Waals surface area (Å²) >= 11 is 0. The molecule has 4 nitrogen and oxygen atoms in total. The Balaban J connectivity index is 2.25. The standard InChI is InChI=1S/C8H14O4/c1-2-3-7-11-4-6(5-12-7)8(9)10/h6-7H,2-5H2,1H3,(H,9,10). The quantitative estimate of drug-likeness (QED) is 0.689. The average Bonchev–Trinajstić information content (AvgIpc) is 2.06. The molecule has 0 unspecified atom stereocenters. The van der Waals surface area contributed by atoms with Crippen molar-refractivity contribution in [2.75, 3.05) is 13.2 Å². The highest BCUT2D eigenvalue weighted by Gasteiger charge is 2.26. The van der Waals surface area contributed by atoms with E-state index in [1.54, 1.807) is 0 Å². The minimum atomic E-state index is -0.843. The number of ether oxygens (including phenoxy) is 2. The highest BCUT2D eigenvalue weighted by molar-refractivity contribution is 5.70. The Morgan fingerprint density at radius 2 is 2.08 bits per heavy atom. The minimum absolute atomic E-state index is 0.189. The van der Waals surface area contributed by atoms with E-state index in [4.69, 9.17) is 14.6 Å². The molecule has 0 atom stereocenters. The van der Waals surface area contributed by atoms with Crippen molar-refractivity contribution >= 4 is 5.97 Å². The molecule has 0 bridgehead atoms. The molecule has 1 heterocycles. The lowest BCUT2D eigenvalue weighted by Gasteiger charge is -2.26. The zero-order chi connectivity index (χ0) is 8.97. The fourth-order valence-electron chi connectivity index (χ4n) is 1.09. The van der Waals surface area contributed by atoms with Crippen LogP contribution in [0.2, 0.25) is 0 Å². The van der Waals surface area contributed by atoms with Gasteiger partial charge in [-0.2, -0.15) is 0 Å². The molecule has 0 radical (unpaired) electrons. The first kappa shape index (κ1) is 9.48. The summed E-state index contributed by atoms with van der Waals surface area (Å²) in [6.07, 6.45) is 1.64. The van der Waals surface area contributed by atoms with Crippen LogP contribution in [-0.2, 0) is 14.3 Å². The van der Waals surface area contributed by atoms with Crippen LogP contribution in [-0.4, -0.2) is 30.6 Å². The predicted octanol–water partition coefficient (Wildman–Crippen LogP) is 0.860. The monoisotopic (exact) mass is 174 g/mol. The molecule has 0 aliphatic carbocycles. The highest BCUT2D eigenvalue weighted by atomic mass is 16.7. The number of carboxylic acids is 1. The van der Waals surface area contributed by atoms with Gasteiger partial charge in [0.25, 0.3) is 0 Å². The molecule has 1 saturated heterocycles. The molecule has 0 saturated carbocycles. The van der Waals surface area contributed by atoms with E-state index in [1.165, 1.54) is 0 Å². The maximum absolute atomic E-state index is 10.5. The summed E-state index contributed by atoms with van der Waals surface area (Å²) in [7, 11) is 0. The Morgan fingerprint density at radius 1 is 1.50 bits per heavy atom. The van der Waals surface area contributed by atoms with Crippen LogP contribution in [0.1, 0.15) is 19.8 Å². The summed E-state index contributed by atoms with van der Waals surface area (Å²) in [5.74, 6) is -1.33. The van der Waals surface area contributed by atoms with E-state index in [0.717, 1.165) is 12.8 Å². The fourth-order valence-corrected chi connectivity index (χ4v) is 1.09. The topological polar surface area (TPSA) is 55.8 Å². The molecule has 1 aliphatic heterocycles. The molecular weight excluding hydrogens is 160 g/mol. The van der Waals surface area contributed by atoms with Crippen LogP contribution in [0, 0.1) is 5.92 Å². The average molecular weight is 174 g/mol. The van der Waals surface area contributed by atoms with Crippen molar-refractivity contribution in [3.05, 3.63) is 0 Å². The van der Waals surface area contributed by atoms with Gasteiger partial charge in [0.15, 0.2) is 6.29 Å². The third-order valence-electron chi connectivity index (χ3n) is 1.84. The second kappa shape index (κ2) is 4.42. The van der Waals surface area contributed by atoms with Crippen molar-refractivity contribution in [1.29, 1.82) is 0 Å². The first-order valence-electron chi connectivity index (χ1n) is 4.20. The van der Waals surface area contributed by atoms with Crippen molar-refractivity contribution in [1.82, 2.24) is 0 Å². The zero-order valence-corrected chi connectivity index (χ0v) is 7.16. The molecule has 1 N–H and O–H groups in total. The van der Waals surface area contributed by atoms with E-state index in [0.29, 0.717) is 0 Å². The lowest BCUT2D eigenvalue weighted by atomic mass is 10.1. The molecule has 70 valence electrons. The highest BCUT2D eigenvalue weighted by Crippen LogP contribution is 2.14. The second-order valence-corrected chi connectivity index (χ2v) is 2.92. The molecule has 12 heavy (non-hydrogen) atoms. The third-order valence-corrected chi connectivity index (χ3v) is 1.84. The van der Waals surface area contributed by atoms with E-state index < -0.39 is 11.9 Å². The lowest BCUT2D eigenvalue weighted by Crippen LogP contribution is -2.36. The largest absolute Gasteiger partial charge is 0.481 e. The van der Waals surface area contributed by atoms with Gasteiger partial charge < -0.3 is 14.6 Å². The summed E-state index contributed by atoms with van der Waals surface area (Å²) in [6.45, 7) is 2.59. The molecule has 0 aromatic rings. The van der Waals surface area contributed by atoms with Gasteiger partial charge in [-0.3, -0.25) is 4.79 Å². The van der Waals surface area contributed by atoms with Crippen LogP contribution in [0.25, 0.3) is 0 Å². The molecule has 4 heteroatoms. The van der Waals surface area contributed by atoms with E-state index in [-0.39, 0.29) is 19.5 Å². The maximum Gasteiger partial charge on any atom is 0.311 e. The Bertz CT molecular complexity index is 149. The number of carbonyl (C=O) groups is 1. The van der Waals surface area contributed by atoms with Gasteiger partial charge in [-0.15, -0.1) is 0 Å². The second-order valence-electron chi connectivity index (χ2n) is 2.92. The Kier molecular flexibility index (Phi) is 3.49. The minimum Gasteiger partial charge on any atom is -0.481 e. The molecule has 0 aromatic carbocycles. The van der Waals surface area contributed by atoms with Gasteiger partial charge in [0.1, 0.15) is 5.92 Å². The van der Waals surface area contributed by atoms with Crippen molar-refractivity contribution in [3.8, 4) is 0 Å². The summed E-state index contributed by atoms with van der Waals surface area (Å²) < 4.78 is 10.4. The zero-order valence-electron chi connectivity index (χ0n) is 7.16. The third kappa shape index (κ3) is 2.46. The molecule has 0 spiro atoms. The van der Waals surface area contributed by atoms with Gasteiger partial charge in [-0.05, 0) is 6.42 Å². The molecule has 1 fully saturated rings. The first-order valence-corrected chi connectivity index (χ1v) is 4.20. The van der Waals surface area contributed by atoms with Crippen molar-refractivity contribution in [3.63, 3.8) is 0 Å². The molecule has 1 rings (SSSR count). The molecule has 0 amide bonds. The van der Waals surface area contributed by atoms with Crippen LogP contribution >= 0.6 is 0 Å². The number of aliphatic carboxylic acids is 1. The number of hydrogen-bond acceptors (Lipinski definition) is 3. The number of hydrogen-bond donors (Lipinski definition) is 1. The summed E-state index contributed by atoms with van der Waals surface area (Å²) in [6, 6.07) is 0. The predicted molar refractivity (Wildman–Crippen MR) is 41.7 cm³/mol. The fraction of sp³-hybridized carbons (Fsp3) is 0.875. The van der Waals surface area contributed by atoms with Crippen molar-refractivity contribution in [2.24, 2.45) is 5.92 Å². The molecule has 0 aromatic heterocycles. The van der Waals surface area contributed by atoms with Crippen LogP contribution in [0.5, 0.6) is 0 Å². The SMILES string of the molecule is CCCC1OCC(C(=O)O)CO1. The van der Waals surface area contributed by atoms with Crippen LogP contribution in [0.3, 0.4) is 0 Å². The summed E-state index contributed by atoms with van der Waals surface area (Å²) in [4.78, 5) is 10.5. The summed E-state index contributed by atoms with van der Waals surface area (Å²) in [5.41, 5.74) is 0. The summed E-state index contributed by atoms with van der Waals surface area (Å²) in [5, 5.41) is 8.59. The Morgan fingerprint density at radius 3 is 2.50 bits per heavy atom. The Hall–Kier alpha value is -0.610. The number of carboxylic acid groups (broad SMARTS) is 1. The van der Waals surface area contributed by atoms with Gasteiger partial charge in [0.05, 0.1) is 13.2 Å². The maximum atomic E-state index is 10.5. The van der Waals surface area contributed by atoms with Crippen LogP contribution in [0.4, 0.5) is 0 Å². The van der Waals surface area contributed by atoms with Crippen LogP contribution < -0.4 is 0 Å². The molecular formula is C8H14O4. The normalized spacial score (nSPS) is 30.1. The Labute approximate surface area is 71.5 Å². The van der Waals surface area contributed by atoms with E-state index in [2.05, 4.69) is 0 Å². The van der Waals surface area contributed by atoms with E-state index in [9.17, 15) is 4.79 Å². The lowest BCUT2D eigenvalue weighted by molar-refractivity contribution is -0.209. The van der Waals surface area contributed by atoms with E-state index in [1.807, 2.05) is 6.92 Å².